The highest BCUT2D eigenvalue weighted by atomic mass is 35.5. The van der Waals surface area contributed by atoms with Crippen LogP contribution >= 0.6 is 11.6 Å². The van der Waals surface area contributed by atoms with Crippen molar-refractivity contribution in [3.05, 3.63) is 58.9 Å². The van der Waals surface area contributed by atoms with Gasteiger partial charge in [-0.05, 0) is 24.3 Å². The summed E-state index contributed by atoms with van der Waals surface area (Å²) in [5.41, 5.74) is 1.04. The van der Waals surface area contributed by atoms with Crippen molar-refractivity contribution in [2.24, 2.45) is 5.10 Å². The molecule has 0 saturated carbocycles. The van der Waals surface area contributed by atoms with Gasteiger partial charge in [-0.25, -0.2) is 0 Å². The van der Waals surface area contributed by atoms with Crippen LogP contribution in [0.25, 0.3) is 0 Å². The molecule has 128 valence electrons. The molecule has 0 spiro atoms. The predicted octanol–water partition coefficient (Wildman–Crippen LogP) is 2.90. The number of hydrazone groups is 1. The summed E-state index contributed by atoms with van der Waals surface area (Å²) < 4.78 is 11.0. The summed E-state index contributed by atoms with van der Waals surface area (Å²) in [5, 5.41) is 5.84. The maximum atomic E-state index is 11.9. The molecule has 0 aliphatic carbocycles. The molecule has 0 saturated heterocycles. The number of aromatic nitrogens is 1. The van der Waals surface area contributed by atoms with Gasteiger partial charge in [-0.2, -0.15) is 5.01 Å². The summed E-state index contributed by atoms with van der Waals surface area (Å²) in [5.74, 6) is -0.428. The molecule has 8 heteroatoms. The van der Waals surface area contributed by atoms with E-state index >= 15 is 0 Å². The minimum absolute atomic E-state index is 0.128. The SMILES string of the molecule is CC(=O)Oc1ccc(Cl)cc1C1=NN(C(C)=O)[C@H](c2cccnc2)O1. The van der Waals surface area contributed by atoms with E-state index in [-0.39, 0.29) is 17.6 Å². The molecule has 1 aliphatic heterocycles. The Kier molecular flexibility index (Phi) is 4.67. The number of rotatable bonds is 3. The van der Waals surface area contributed by atoms with E-state index in [0.717, 1.165) is 0 Å². The Morgan fingerprint density at radius 2 is 2.08 bits per heavy atom. The zero-order valence-corrected chi connectivity index (χ0v) is 14.2. The van der Waals surface area contributed by atoms with Crippen molar-refractivity contribution < 1.29 is 19.1 Å². The quantitative estimate of drug-likeness (QED) is 0.621. The Morgan fingerprint density at radius 3 is 2.72 bits per heavy atom. The topological polar surface area (TPSA) is 81.1 Å². The van der Waals surface area contributed by atoms with E-state index in [1.165, 1.54) is 18.9 Å². The van der Waals surface area contributed by atoms with E-state index in [9.17, 15) is 9.59 Å². The number of halogens is 1. The Bertz CT molecular complexity index is 854. The summed E-state index contributed by atoms with van der Waals surface area (Å²) in [6.07, 6.45) is 2.45. The van der Waals surface area contributed by atoms with Gasteiger partial charge in [0.2, 0.25) is 18.0 Å². The fourth-order valence-corrected chi connectivity index (χ4v) is 2.50. The zero-order valence-electron chi connectivity index (χ0n) is 13.5. The third kappa shape index (κ3) is 3.61. The first-order valence-corrected chi connectivity index (χ1v) is 7.77. The van der Waals surface area contributed by atoms with Crippen LogP contribution in [-0.2, 0) is 14.3 Å². The van der Waals surface area contributed by atoms with Gasteiger partial charge in [-0.3, -0.25) is 14.6 Å². The van der Waals surface area contributed by atoms with E-state index in [4.69, 9.17) is 21.1 Å². The van der Waals surface area contributed by atoms with Gasteiger partial charge in [0.05, 0.1) is 5.56 Å². The molecule has 0 N–H and O–H groups in total. The molecule has 0 unspecified atom stereocenters. The molecule has 0 radical (unpaired) electrons. The molecule has 2 aromatic rings. The molecule has 0 fully saturated rings. The van der Waals surface area contributed by atoms with Gasteiger partial charge in [0, 0.05) is 36.8 Å². The Morgan fingerprint density at radius 1 is 1.28 bits per heavy atom. The van der Waals surface area contributed by atoms with Crippen molar-refractivity contribution in [2.75, 3.05) is 0 Å². The molecule has 7 nitrogen and oxygen atoms in total. The lowest BCUT2D eigenvalue weighted by Gasteiger charge is -2.18. The van der Waals surface area contributed by atoms with Crippen molar-refractivity contribution in [1.82, 2.24) is 9.99 Å². The standard InChI is InChI=1S/C17H14ClN3O4/c1-10(22)21-17(12-4-3-7-19-9-12)25-16(20-21)14-8-13(18)5-6-15(14)24-11(2)23/h3-9,17H,1-2H3/t17-/m0/s1. The summed E-state index contributed by atoms with van der Waals surface area (Å²) in [4.78, 5) is 27.3. The summed E-state index contributed by atoms with van der Waals surface area (Å²) in [7, 11) is 0. The van der Waals surface area contributed by atoms with Gasteiger partial charge in [-0.1, -0.05) is 17.7 Å². The molecule has 1 amide bonds. The summed E-state index contributed by atoms with van der Waals surface area (Å²) in [6.45, 7) is 2.67. The van der Waals surface area contributed by atoms with Gasteiger partial charge in [0.25, 0.3) is 0 Å². The fraction of sp³-hybridized carbons (Fsp3) is 0.176. The zero-order chi connectivity index (χ0) is 18.0. The normalized spacial score (nSPS) is 16.2. The Balaban J connectivity index is 2.01. The van der Waals surface area contributed by atoms with Crippen LogP contribution in [-0.4, -0.2) is 27.8 Å². The second-order valence-electron chi connectivity index (χ2n) is 5.26. The molecule has 3 rings (SSSR count). The second-order valence-corrected chi connectivity index (χ2v) is 5.70. The lowest BCUT2D eigenvalue weighted by molar-refractivity contribution is -0.135. The first kappa shape index (κ1) is 16.9. The van der Waals surface area contributed by atoms with Gasteiger partial charge in [-0.15, -0.1) is 5.10 Å². The number of esters is 1. The van der Waals surface area contributed by atoms with E-state index in [1.807, 2.05) is 0 Å². The van der Waals surface area contributed by atoms with E-state index in [0.29, 0.717) is 16.1 Å². The number of ether oxygens (including phenoxy) is 2. The molecule has 0 bridgehead atoms. The summed E-state index contributed by atoms with van der Waals surface area (Å²) in [6, 6.07) is 8.19. The van der Waals surface area contributed by atoms with Crippen molar-refractivity contribution in [1.29, 1.82) is 0 Å². The van der Waals surface area contributed by atoms with Crippen molar-refractivity contribution >= 4 is 29.4 Å². The van der Waals surface area contributed by atoms with Crippen molar-refractivity contribution in [3.63, 3.8) is 0 Å². The second kappa shape index (κ2) is 6.90. The van der Waals surface area contributed by atoms with E-state index in [2.05, 4.69) is 10.1 Å². The molecular formula is C17H14ClN3O4. The number of carbonyl (C=O) groups is 2. The fourth-order valence-electron chi connectivity index (χ4n) is 2.33. The van der Waals surface area contributed by atoms with Crippen LogP contribution in [0, 0.1) is 0 Å². The van der Waals surface area contributed by atoms with Crippen LogP contribution in [0.2, 0.25) is 5.02 Å². The lowest BCUT2D eigenvalue weighted by Crippen LogP contribution is -2.25. The van der Waals surface area contributed by atoms with E-state index < -0.39 is 12.2 Å². The Labute approximate surface area is 148 Å². The highest BCUT2D eigenvalue weighted by Gasteiger charge is 2.34. The highest BCUT2D eigenvalue weighted by Crippen LogP contribution is 2.33. The number of pyridine rings is 1. The average molecular weight is 360 g/mol. The summed E-state index contributed by atoms with van der Waals surface area (Å²) >= 11 is 6.04. The molecule has 1 atom stereocenters. The highest BCUT2D eigenvalue weighted by molar-refractivity contribution is 6.31. The van der Waals surface area contributed by atoms with E-state index in [1.54, 1.807) is 42.7 Å². The molecule has 1 aromatic carbocycles. The van der Waals surface area contributed by atoms with Crippen LogP contribution in [0.5, 0.6) is 5.75 Å². The largest absolute Gasteiger partial charge is 0.446 e. The monoisotopic (exact) mass is 359 g/mol. The lowest BCUT2D eigenvalue weighted by atomic mass is 10.2. The first-order valence-electron chi connectivity index (χ1n) is 7.39. The average Bonchev–Trinajstić information content (AvgIpc) is 3.02. The Hall–Kier alpha value is -2.93. The van der Waals surface area contributed by atoms with Crippen LogP contribution in [0.15, 0.2) is 47.8 Å². The molecule has 25 heavy (non-hydrogen) atoms. The van der Waals surface area contributed by atoms with Crippen molar-refractivity contribution in [2.45, 2.75) is 20.1 Å². The first-order chi connectivity index (χ1) is 12.0. The van der Waals surface area contributed by atoms with Crippen molar-refractivity contribution in [3.8, 4) is 5.75 Å². The smallest absolute Gasteiger partial charge is 0.308 e. The number of benzene rings is 1. The third-order valence-electron chi connectivity index (χ3n) is 3.36. The van der Waals surface area contributed by atoms with Gasteiger partial charge >= 0.3 is 5.97 Å². The van der Waals surface area contributed by atoms with Crippen LogP contribution in [0.3, 0.4) is 0 Å². The minimum atomic E-state index is -0.759. The van der Waals surface area contributed by atoms with Crippen LogP contribution < -0.4 is 4.74 Å². The third-order valence-corrected chi connectivity index (χ3v) is 3.60. The molecule has 1 aliphatic rings. The molecule has 1 aromatic heterocycles. The number of hydrogen-bond donors (Lipinski definition) is 0. The van der Waals surface area contributed by atoms with Crippen LogP contribution in [0.4, 0.5) is 0 Å². The van der Waals surface area contributed by atoms with Gasteiger partial charge < -0.3 is 9.47 Å². The maximum Gasteiger partial charge on any atom is 0.308 e. The van der Waals surface area contributed by atoms with Crippen LogP contribution in [0.1, 0.15) is 31.2 Å². The van der Waals surface area contributed by atoms with Gasteiger partial charge in [0.1, 0.15) is 5.75 Å². The predicted molar refractivity (Wildman–Crippen MR) is 89.9 cm³/mol. The number of nitrogens with zero attached hydrogens (tertiary/aromatic N) is 3. The number of amides is 1. The molecule has 2 heterocycles. The molecular weight excluding hydrogens is 346 g/mol. The number of hydrogen-bond acceptors (Lipinski definition) is 6. The maximum absolute atomic E-state index is 11.9. The number of carbonyl (C=O) groups excluding carboxylic acids is 2. The van der Waals surface area contributed by atoms with Gasteiger partial charge in [0.15, 0.2) is 0 Å². The minimum Gasteiger partial charge on any atom is -0.446 e.